The average Bonchev–Trinajstić information content (AvgIpc) is 2.76. The van der Waals surface area contributed by atoms with E-state index in [2.05, 4.69) is 10.6 Å². The maximum Gasteiger partial charge on any atom is 0.129 e. The maximum atomic E-state index is 3.57. The predicted octanol–water partition coefficient (Wildman–Crippen LogP) is -5.22. The van der Waals surface area contributed by atoms with Crippen molar-refractivity contribution < 1.29 is 42.9 Å². The van der Waals surface area contributed by atoms with Crippen LogP contribution in [0, 0.1) is 0 Å². The molecule has 3 heterocycles. The summed E-state index contributed by atoms with van der Waals surface area (Å²) in [6.45, 7) is 16.3. The van der Waals surface area contributed by atoms with Gasteiger partial charge in [0.25, 0.3) is 0 Å². The van der Waals surface area contributed by atoms with Gasteiger partial charge in [0.2, 0.25) is 0 Å². The van der Waals surface area contributed by atoms with Crippen molar-refractivity contribution in [1.29, 1.82) is 0 Å². The van der Waals surface area contributed by atoms with E-state index < -0.39 is 0 Å². The Balaban J connectivity index is 0. The quantitative estimate of drug-likeness (QED) is 0.282. The highest BCUT2D eigenvalue weighted by Gasteiger charge is 2.42. The number of rotatable bonds is 0. The molecule has 0 amide bonds. The summed E-state index contributed by atoms with van der Waals surface area (Å²) in [5.74, 6) is 0. The van der Waals surface area contributed by atoms with Crippen molar-refractivity contribution in [3.63, 3.8) is 0 Å². The summed E-state index contributed by atoms with van der Waals surface area (Å²) in [5, 5.41) is 7.14. The first kappa shape index (κ1) is 26.0. The smallest absolute Gasteiger partial charge is 0.129 e. The fourth-order valence-corrected chi connectivity index (χ4v) is 4.15. The second-order valence-electron chi connectivity index (χ2n) is 6.68. The van der Waals surface area contributed by atoms with Crippen molar-refractivity contribution in [2.24, 2.45) is 0 Å². The second-order valence-corrected chi connectivity index (χ2v) is 6.68. The zero-order chi connectivity index (χ0) is 12.3. The van der Waals surface area contributed by atoms with E-state index in [0.29, 0.717) is 0 Å². The molecule has 0 unspecified atom stereocenters. The Kier molecular flexibility index (Phi) is 14.4. The van der Waals surface area contributed by atoms with Gasteiger partial charge in [0.1, 0.15) is 26.2 Å². The van der Waals surface area contributed by atoms with Gasteiger partial charge in [-0.25, -0.2) is 0 Å². The van der Waals surface area contributed by atoms with E-state index in [4.69, 9.17) is 0 Å². The van der Waals surface area contributed by atoms with Crippen LogP contribution in [0.15, 0.2) is 0 Å². The number of halogens is 4. The van der Waals surface area contributed by atoms with Crippen molar-refractivity contribution >= 4 is 34.0 Å². The fourth-order valence-electron chi connectivity index (χ4n) is 4.15. The zero-order valence-corrected chi connectivity index (χ0v) is 20.0. The fraction of sp³-hybridized carbons (Fsp3) is 1.00. The molecule has 0 atom stereocenters. The third-order valence-electron chi connectivity index (χ3n) is 5.60. The molecule has 2 spiro atoms. The van der Waals surface area contributed by atoms with E-state index >= 15 is 0 Å². The first-order valence-corrected chi connectivity index (χ1v) is 7.94. The van der Waals surface area contributed by atoms with E-state index in [1.807, 2.05) is 0 Å². The molecular formula is C14H32Br4N4. The Hall–Kier alpha value is 1.76. The third-order valence-corrected chi connectivity index (χ3v) is 5.60. The molecule has 4 nitrogen and oxygen atoms in total. The summed E-state index contributed by atoms with van der Waals surface area (Å²) in [6, 6.07) is 0. The minimum atomic E-state index is 0. The number of quaternary nitrogens is 2. The average molecular weight is 576 g/mol. The van der Waals surface area contributed by atoms with Crippen LogP contribution in [0.2, 0.25) is 0 Å². The summed E-state index contributed by atoms with van der Waals surface area (Å²) < 4.78 is 2.83. The molecule has 3 fully saturated rings. The molecular weight excluding hydrogens is 544 g/mol. The molecule has 0 saturated carbocycles. The lowest BCUT2D eigenvalue weighted by atomic mass is 10.1. The molecule has 0 radical (unpaired) electrons. The van der Waals surface area contributed by atoms with Gasteiger partial charge in [0.15, 0.2) is 0 Å². The van der Waals surface area contributed by atoms with E-state index in [-0.39, 0.29) is 67.9 Å². The van der Waals surface area contributed by atoms with Gasteiger partial charge in [-0.1, -0.05) is 0 Å². The summed E-state index contributed by atoms with van der Waals surface area (Å²) in [4.78, 5) is 0. The zero-order valence-electron chi connectivity index (χ0n) is 13.4. The first-order valence-electron chi connectivity index (χ1n) is 7.94. The van der Waals surface area contributed by atoms with E-state index in [9.17, 15) is 0 Å². The molecule has 3 rings (SSSR count). The number of nitrogens with one attached hydrogen (secondary N) is 2. The summed E-state index contributed by atoms with van der Waals surface area (Å²) in [5.41, 5.74) is 0. The van der Waals surface area contributed by atoms with Gasteiger partial charge in [-0.2, -0.15) is 0 Å². The Morgan fingerprint density at radius 2 is 0.818 bits per heavy atom. The lowest BCUT2D eigenvalue weighted by molar-refractivity contribution is -1.03. The van der Waals surface area contributed by atoms with Crippen LogP contribution in [-0.2, 0) is 0 Å². The van der Waals surface area contributed by atoms with Crippen LogP contribution in [0.3, 0.4) is 0 Å². The van der Waals surface area contributed by atoms with Gasteiger partial charge < -0.3 is 53.6 Å². The summed E-state index contributed by atoms with van der Waals surface area (Å²) in [6.07, 6.45) is 2.75. The molecule has 0 aromatic heterocycles. The van der Waals surface area contributed by atoms with Crippen LogP contribution < -0.4 is 44.6 Å². The Morgan fingerprint density at radius 3 is 1.18 bits per heavy atom. The van der Waals surface area contributed by atoms with Gasteiger partial charge >= 0.3 is 0 Å². The Labute approximate surface area is 178 Å². The molecule has 0 bridgehead atoms. The summed E-state index contributed by atoms with van der Waals surface area (Å²) in [7, 11) is 0. The van der Waals surface area contributed by atoms with Crippen LogP contribution in [-0.4, -0.2) is 87.5 Å². The van der Waals surface area contributed by atoms with Gasteiger partial charge in [0, 0.05) is 39.0 Å². The van der Waals surface area contributed by atoms with Crippen LogP contribution in [0.4, 0.5) is 0 Å². The normalized spacial score (nSPS) is 34.9. The number of hydrogen-bond acceptors (Lipinski definition) is 2. The monoisotopic (exact) mass is 572 g/mol. The molecule has 8 heteroatoms. The van der Waals surface area contributed by atoms with Gasteiger partial charge in [-0.15, -0.1) is 34.0 Å². The van der Waals surface area contributed by atoms with Crippen LogP contribution in [0.5, 0.6) is 0 Å². The van der Waals surface area contributed by atoms with Crippen molar-refractivity contribution in [2.45, 2.75) is 12.8 Å². The highest BCUT2D eigenvalue weighted by molar-refractivity contribution is 8.93. The lowest BCUT2D eigenvalue weighted by Crippen LogP contribution is -3.00. The standard InChI is InChI=1S/C14H30N4.4BrH/c1-3-15-5-9-17(7-1)11-13-18(14-12-17)8-2-4-16-6-10-18;;;;/h15-16H,1-14H2;4*1H/q+2;;;;/p-2. The second kappa shape index (κ2) is 12.2. The topological polar surface area (TPSA) is 24.1 Å². The highest BCUT2D eigenvalue weighted by atomic mass is 79.9. The highest BCUT2D eigenvalue weighted by Crippen LogP contribution is 2.22. The molecule has 22 heavy (non-hydrogen) atoms. The SMILES string of the molecule is Br.Br.C1CNCC[N+]2(C1)CC[N+]1(CCCNCC1)CC2.[Br-].[Br-]. The van der Waals surface area contributed by atoms with Crippen LogP contribution in [0.25, 0.3) is 0 Å². The first-order chi connectivity index (χ1) is 8.83. The van der Waals surface area contributed by atoms with Gasteiger partial charge in [-0.3, -0.25) is 0 Å². The Morgan fingerprint density at radius 1 is 0.455 bits per heavy atom. The van der Waals surface area contributed by atoms with Crippen molar-refractivity contribution in [3.05, 3.63) is 0 Å². The molecule has 0 aromatic carbocycles. The third kappa shape index (κ3) is 6.58. The van der Waals surface area contributed by atoms with Crippen molar-refractivity contribution in [3.8, 4) is 0 Å². The molecule has 136 valence electrons. The van der Waals surface area contributed by atoms with Gasteiger partial charge in [0.05, 0.1) is 26.2 Å². The molecule has 3 aliphatic rings. The maximum absolute atomic E-state index is 3.57. The van der Waals surface area contributed by atoms with Crippen molar-refractivity contribution in [2.75, 3.05) is 78.5 Å². The van der Waals surface area contributed by atoms with E-state index in [0.717, 1.165) is 0 Å². The molecule has 3 aliphatic heterocycles. The van der Waals surface area contributed by atoms with E-state index in [1.54, 1.807) is 0 Å². The minimum Gasteiger partial charge on any atom is -1.00 e. The largest absolute Gasteiger partial charge is 1.00 e. The number of piperazine rings is 1. The molecule has 0 aliphatic carbocycles. The summed E-state index contributed by atoms with van der Waals surface area (Å²) >= 11 is 0. The van der Waals surface area contributed by atoms with E-state index in [1.165, 1.54) is 100 Å². The van der Waals surface area contributed by atoms with Crippen LogP contribution >= 0.6 is 34.0 Å². The van der Waals surface area contributed by atoms with Gasteiger partial charge in [-0.05, 0) is 0 Å². The van der Waals surface area contributed by atoms with Crippen LogP contribution in [0.1, 0.15) is 12.8 Å². The predicted molar refractivity (Wildman–Crippen MR) is 95.1 cm³/mol. The Bertz CT molecular complexity index is 238. The lowest BCUT2D eigenvalue weighted by Gasteiger charge is -2.49. The minimum absolute atomic E-state index is 0. The number of nitrogens with zero attached hydrogens (tertiary/aromatic N) is 2. The number of hydrogen-bond donors (Lipinski definition) is 2. The van der Waals surface area contributed by atoms with Crippen molar-refractivity contribution in [1.82, 2.24) is 10.6 Å². The molecule has 2 N–H and O–H groups in total. The molecule has 3 saturated heterocycles. The molecule has 0 aromatic rings.